The highest BCUT2D eigenvalue weighted by Crippen LogP contribution is 2.30. The summed E-state index contributed by atoms with van der Waals surface area (Å²) >= 11 is 0. The van der Waals surface area contributed by atoms with Crippen LogP contribution in [0, 0.1) is 0 Å². The van der Waals surface area contributed by atoms with Gasteiger partial charge >= 0.3 is 18.2 Å². The molecule has 286 valence electrons. The lowest BCUT2D eigenvalue weighted by Crippen LogP contribution is -2.48. The molecule has 2 unspecified atom stereocenters. The molecule has 14 nitrogen and oxygen atoms in total. The van der Waals surface area contributed by atoms with E-state index in [1.54, 1.807) is 60.6 Å². The van der Waals surface area contributed by atoms with Crippen LogP contribution in [0.5, 0.6) is 0 Å². The second-order valence-corrected chi connectivity index (χ2v) is 15.6. The molecule has 3 aromatic rings. The van der Waals surface area contributed by atoms with E-state index in [-0.39, 0.29) is 29.5 Å². The number of alkyl carbamates (subject to hydrolysis) is 2. The Morgan fingerprint density at radius 2 is 1.28 bits per heavy atom. The highest BCUT2D eigenvalue weighted by Gasteiger charge is 2.30. The first kappa shape index (κ1) is 42.0. The van der Waals surface area contributed by atoms with Crippen molar-refractivity contribution in [3.8, 4) is 0 Å². The Bertz CT molecular complexity index is 1820. The molecule has 0 aromatic heterocycles. The Morgan fingerprint density at radius 3 is 1.79 bits per heavy atom. The van der Waals surface area contributed by atoms with Crippen LogP contribution in [-0.4, -0.2) is 56.2 Å². The number of esters is 1. The fraction of sp³-hybridized carbons (Fsp3) is 0.395. The third-order valence-corrected chi connectivity index (χ3v) is 8.73. The summed E-state index contributed by atoms with van der Waals surface area (Å²) in [7, 11) is -4.56. The predicted octanol–water partition coefficient (Wildman–Crippen LogP) is 6.51. The summed E-state index contributed by atoms with van der Waals surface area (Å²) in [6.07, 6.45) is -1.88. The smallest absolute Gasteiger partial charge is 0.414 e. The number of anilines is 1. The van der Waals surface area contributed by atoms with Gasteiger partial charge in [-0.1, -0.05) is 67.6 Å². The summed E-state index contributed by atoms with van der Waals surface area (Å²) in [5, 5.41) is 11.8. The van der Waals surface area contributed by atoms with E-state index in [2.05, 4.69) is 21.1 Å². The number of carbonyl (C=O) groups is 4. The number of amides is 3. The van der Waals surface area contributed by atoms with Gasteiger partial charge < -0.3 is 19.5 Å². The lowest BCUT2D eigenvalue weighted by molar-refractivity contribution is -0.143. The number of hydrogen-bond donors (Lipinski definition) is 3. The Balaban J connectivity index is 2.19. The predicted molar refractivity (Wildman–Crippen MR) is 200 cm³/mol. The minimum Gasteiger partial charge on any atom is -0.466 e. The second kappa shape index (κ2) is 18.4. The summed E-state index contributed by atoms with van der Waals surface area (Å²) in [5.41, 5.74) is -0.855. The highest BCUT2D eigenvalue weighted by atomic mass is 32.2. The first-order valence-electron chi connectivity index (χ1n) is 17.1. The number of carbonyl (C=O) groups excluding carboxylic acids is 4. The number of benzene rings is 3. The van der Waals surface area contributed by atoms with Crippen molar-refractivity contribution in [3.63, 3.8) is 0 Å². The maximum Gasteiger partial charge on any atom is 0.414 e. The number of ether oxygens (including phenoxy) is 3. The van der Waals surface area contributed by atoms with E-state index in [0.717, 1.165) is 5.56 Å². The van der Waals surface area contributed by atoms with Gasteiger partial charge in [0, 0.05) is 0 Å². The summed E-state index contributed by atoms with van der Waals surface area (Å²) in [4.78, 5) is 52.2. The first-order valence-corrected chi connectivity index (χ1v) is 18.6. The van der Waals surface area contributed by atoms with Gasteiger partial charge in [0.1, 0.15) is 11.2 Å². The van der Waals surface area contributed by atoms with Gasteiger partial charge in [0.05, 0.1) is 35.6 Å². The molecule has 0 spiro atoms. The average molecular weight is 752 g/mol. The SMILES string of the molecule is CCOC(=O)CC(NC(=O)C(CC)c1ccccc1)c1cccc(N(N=C(NC(=O)OC(C)(C)C)NC(=O)OC(C)(C)C)S(=O)(=O)c2ccccc2)c1. The molecule has 0 aliphatic heterocycles. The van der Waals surface area contributed by atoms with Crippen molar-refractivity contribution in [3.05, 3.63) is 96.1 Å². The molecule has 0 aliphatic rings. The number of rotatable bonds is 12. The zero-order valence-corrected chi connectivity index (χ0v) is 32.2. The van der Waals surface area contributed by atoms with E-state index >= 15 is 0 Å². The van der Waals surface area contributed by atoms with Gasteiger partial charge in [-0.2, -0.15) is 12.8 Å². The third-order valence-electron chi connectivity index (χ3n) is 7.11. The van der Waals surface area contributed by atoms with E-state index < -0.39 is 57.3 Å². The van der Waals surface area contributed by atoms with Gasteiger partial charge in [-0.3, -0.25) is 20.2 Å². The zero-order chi connectivity index (χ0) is 39.4. The van der Waals surface area contributed by atoms with E-state index in [9.17, 15) is 27.6 Å². The van der Waals surface area contributed by atoms with Crippen molar-refractivity contribution in [2.24, 2.45) is 5.10 Å². The Labute approximate surface area is 311 Å². The van der Waals surface area contributed by atoms with Gasteiger partial charge in [-0.05, 0) is 90.3 Å². The molecule has 0 aliphatic carbocycles. The van der Waals surface area contributed by atoms with Crippen molar-refractivity contribution in [1.82, 2.24) is 16.0 Å². The van der Waals surface area contributed by atoms with Crippen LogP contribution in [0.15, 0.2) is 94.9 Å². The normalized spacial score (nSPS) is 12.7. The van der Waals surface area contributed by atoms with E-state index in [1.807, 2.05) is 37.3 Å². The molecule has 0 fully saturated rings. The summed E-state index contributed by atoms with van der Waals surface area (Å²) in [6, 6.07) is 21.6. The standard InChI is InChI=1S/C38H49N5O9S/c1-9-30(26-18-13-11-14-19-26)33(45)39-31(25-32(44)50-10-2)27-20-17-21-28(24-27)43(53(48,49)29-22-15-12-16-23-29)42-34(40-35(46)51-37(3,4)5)41-36(47)52-38(6,7)8/h11-24,30-31H,9-10,25H2,1-8H3,(H,39,45)(H2,40,41,42,46,47). The second-order valence-electron chi connectivity index (χ2n) is 13.8. The van der Waals surface area contributed by atoms with Gasteiger partial charge in [-0.15, -0.1) is 5.10 Å². The highest BCUT2D eigenvalue weighted by molar-refractivity contribution is 7.92. The van der Waals surface area contributed by atoms with Gasteiger partial charge in [0.2, 0.25) is 11.9 Å². The molecule has 3 rings (SSSR count). The van der Waals surface area contributed by atoms with E-state index in [1.165, 1.54) is 42.5 Å². The molecule has 3 aromatic carbocycles. The molecule has 15 heteroatoms. The molecule has 0 saturated heterocycles. The van der Waals surface area contributed by atoms with Crippen LogP contribution in [-0.2, 0) is 33.8 Å². The number of nitrogens with one attached hydrogen (secondary N) is 3. The fourth-order valence-electron chi connectivity index (χ4n) is 4.94. The molecular formula is C38H49N5O9S. The van der Waals surface area contributed by atoms with E-state index in [0.29, 0.717) is 16.4 Å². The van der Waals surface area contributed by atoms with E-state index in [4.69, 9.17) is 14.2 Å². The molecule has 2 atom stereocenters. The minimum atomic E-state index is -4.56. The molecule has 53 heavy (non-hydrogen) atoms. The molecule has 0 radical (unpaired) electrons. The van der Waals surface area contributed by atoms with Crippen molar-refractivity contribution in [1.29, 1.82) is 0 Å². The number of nitrogens with zero attached hydrogens (tertiary/aromatic N) is 2. The molecular weight excluding hydrogens is 703 g/mol. The Morgan fingerprint density at radius 1 is 0.755 bits per heavy atom. The minimum absolute atomic E-state index is 0.0703. The summed E-state index contributed by atoms with van der Waals surface area (Å²) in [5.74, 6) is -2.11. The third kappa shape index (κ3) is 13.2. The number of hydrazone groups is 1. The van der Waals surface area contributed by atoms with Crippen LogP contribution < -0.4 is 20.4 Å². The summed E-state index contributed by atoms with van der Waals surface area (Å²) in [6.45, 7) is 13.4. The van der Waals surface area contributed by atoms with Gasteiger partial charge in [0.15, 0.2) is 0 Å². The molecule has 3 amide bonds. The fourth-order valence-corrected chi connectivity index (χ4v) is 6.23. The lowest BCUT2D eigenvalue weighted by atomic mass is 9.94. The van der Waals surface area contributed by atoms with Gasteiger partial charge in [0.25, 0.3) is 10.0 Å². The molecule has 3 N–H and O–H groups in total. The van der Waals surface area contributed by atoms with Gasteiger partial charge in [-0.25, -0.2) is 9.59 Å². The monoisotopic (exact) mass is 751 g/mol. The Hall–Kier alpha value is -5.44. The van der Waals surface area contributed by atoms with Crippen LogP contribution in [0.2, 0.25) is 0 Å². The van der Waals surface area contributed by atoms with Crippen LogP contribution >= 0.6 is 0 Å². The molecule has 0 bridgehead atoms. The van der Waals surface area contributed by atoms with Crippen molar-refractivity contribution in [2.45, 2.75) is 96.3 Å². The number of sulfonamides is 1. The number of hydrogen-bond acceptors (Lipinski definition) is 10. The van der Waals surface area contributed by atoms with Crippen molar-refractivity contribution in [2.75, 3.05) is 11.0 Å². The topological polar surface area (TPSA) is 182 Å². The number of guanidine groups is 1. The lowest BCUT2D eigenvalue weighted by Gasteiger charge is -2.25. The maximum absolute atomic E-state index is 14.3. The van der Waals surface area contributed by atoms with Crippen molar-refractivity contribution < 1.29 is 41.8 Å². The van der Waals surface area contributed by atoms with Crippen LogP contribution in [0.3, 0.4) is 0 Å². The summed E-state index contributed by atoms with van der Waals surface area (Å²) < 4.78 is 45.1. The van der Waals surface area contributed by atoms with Crippen LogP contribution in [0.1, 0.15) is 91.3 Å². The quantitative estimate of drug-likeness (QED) is 0.0611. The molecule has 0 heterocycles. The largest absolute Gasteiger partial charge is 0.466 e. The molecule has 0 saturated carbocycles. The Kier molecular flexibility index (Phi) is 14.5. The maximum atomic E-state index is 14.3. The van der Waals surface area contributed by atoms with Crippen molar-refractivity contribution >= 4 is 45.7 Å². The van der Waals surface area contributed by atoms with Crippen LogP contribution in [0.4, 0.5) is 15.3 Å². The average Bonchev–Trinajstić information content (AvgIpc) is 3.06. The zero-order valence-electron chi connectivity index (χ0n) is 31.3. The first-order chi connectivity index (χ1) is 24.8. The van der Waals surface area contributed by atoms with Crippen LogP contribution in [0.25, 0.3) is 0 Å².